The number of para-hydroxylation sites is 1. The molecule has 0 fully saturated rings. The third kappa shape index (κ3) is 5.58. The number of ether oxygens (including phenoxy) is 2. The van der Waals surface area contributed by atoms with Gasteiger partial charge >= 0.3 is 5.97 Å². The summed E-state index contributed by atoms with van der Waals surface area (Å²) in [4.78, 5) is 12.0. The fraction of sp³-hybridized carbons (Fsp3) is 0.480. The van der Waals surface area contributed by atoms with Crippen LogP contribution in [0, 0.1) is 12.8 Å². The first kappa shape index (κ1) is 22.7. The molecule has 1 aliphatic rings. The highest BCUT2D eigenvalue weighted by molar-refractivity contribution is 7.80. The minimum absolute atomic E-state index is 0.181. The monoisotopic (exact) mass is 427 g/mol. The summed E-state index contributed by atoms with van der Waals surface area (Å²) < 4.78 is 11.7. The van der Waals surface area contributed by atoms with Gasteiger partial charge in [-0.3, -0.25) is 10.1 Å². The van der Waals surface area contributed by atoms with Crippen molar-refractivity contribution in [1.82, 2.24) is 5.32 Å². The molecule has 0 saturated carbocycles. The van der Waals surface area contributed by atoms with Crippen LogP contribution in [0.25, 0.3) is 0 Å². The van der Waals surface area contributed by atoms with Gasteiger partial charge in [0.05, 0.1) is 0 Å². The van der Waals surface area contributed by atoms with Gasteiger partial charge in [0.25, 0.3) is 0 Å². The number of nitrogens with one attached hydrogen (secondary N) is 1. The second-order valence-electron chi connectivity index (χ2n) is 8.29. The van der Waals surface area contributed by atoms with Gasteiger partial charge in [0.15, 0.2) is 0 Å². The lowest BCUT2D eigenvalue weighted by molar-refractivity contribution is -0.145. The summed E-state index contributed by atoms with van der Waals surface area (Å²) in [6, 6.07) is 14.7. The Morgan fingerprint density at radius 1 is 1.17 bits per heavy atom. The van der Waals surface area contributed by atoms with Gasteiger partial charge in [-0.2, -0.15) is 12.6 Å². The molecule has 0 radical (unpaired) electrons. The molecule has 30 heavy (non-hydrogen) atoms. The Labute approximate surface area is 185 Å². The van der Waals surface area contributed by atoms with Crippen LogP contribution < -0.4 is 10.1 Å². The zero-order valence-corrected chi connectivity index (χ0v) is 19.1. The highest BCUT2D eigenvalue weighted by Gasteiger charge is 2.32. The number of fused-ring (bicyclic) bond motifs is 2. The minimum Gasteiger partial charge on any atom is -0.457 e. The highest BCUT2D eigenvalue weighted by Crippen LogP contribution is 2.48. The maximum atomic E-state index is 12.0. The van der Waals surface area contributed by atoms with Crippen LogP contribution in [0.2, 0.25) is 0 Å². The second kappa shape index (κ2) is 10.9. The summed E-state index contributed by atoms with van der Waals surface area (Å²) in [5.41, 5.74) is 3.68. The summed E-state index contributed by atoms with van der Waals surface area (Å²) in [7, 11) is 0. The summed E-state index contributed by atoms with van der Waals surface area (Å²) in [6.45, 7) is 7.27. The van der Waals surface area contributed by atoms with E-state index in [-0.39, 0.29) is 24.5 Å². The fourth-order valence-electron chi connectivity index (χ4n) is 4.16. The first-order valence-corrected chi connectivity index (χ1v) is 11.5. The molecule has 3 unspecified atom stereocenters. The van der Waals surface area contributed by atoms with Gasteiger partial charge in [-0.05, 0) is 48.6 Å². The number of carbonyl (C=O) groups is 1. The number of aryl methyl sites for hydroxylation is 1. The van der Waals surface area contributed by atoms with E-state index >= 15 is 0 Å². The number of carbonyl (C=O) groups excluding carboxylic acids is 1. The quantitative estimate of drug-likeness (QED) is 0.229. The molecule has 3 atom stereocenters. The van der Waals surface area contributed by atoms with Gasteiger partial charge in [-0.1, -0.05) is 56.2 Å². The minimum atomic E-state index is -0.181. The van der Waals surface area contributed by atoms with Crippen molar-refractivity contribution in [1.29, 1.82) is 0 Å². The largest absolute Gasteiger partial charge is 0.457 e. The van der Waals surface area contributed by atoms with E-state index in [4.69, 9.17) is 9.47 Å². The SMILES string of the molecule is CCCC1c2ccccc2Oc2ccc(C)cc2C1CNCOC(=O)CC(C)CS. The standard InChI is InChI=1S/C25H33NO3S/c1-4-7-19-20-8-5-6-9-23(20)29-24-11-10-17(2)12-21(24)22(19)14-26-16-28-25(27)13-18(3)15-30/h5-6,8-12,18-19,22,26,30H,4,7,13-16H2,1-3H3. The number of thiol groups is 1. The number of benzene rings is 2. The molecule has 2 aromatic carbocycles. The average molecular weight is 428 g/mol. The van der Waals surface area contributed by atoms with Crippen molar-refractivity contribution in [2.24, 2.45) is 5.92 Å². The van der Waals surface area contributed by atoms with Crippen LogP contribution in [0.4, 0.5) is 0 Å². The van der Waals surface area contributed by atoms with Crippen LogP contribution in [-0.2, 0) is 9.53 Å². The Morgan fingerprint density at radius 2 is 1.93 bits per heavy atom. The first-order chi connectivity index (χ1) is 14.5. The van der Waals surface area contributed by atoms with E-state index in [0.29, 0.717) is 24.6 Å². The van der Waals surface area contributed by atoms with Crippen molar-refractivity contribution in [2.75, 3.05) is 19.0 Å². The molecule has 0 bridgehead atoms. The zero-order chi connectivity index (χ0) is 21.5. The van der Waals surface area contributed by atoms with E-state index in [1.54, 1.807) is 0 Å². The maximum Gasteiger partial charge on any atom is 0.307 e. The van der Waals surface area contributed by atoms with Crippen LogP contribution in [0.3, 0.4) is 0 Å². The summed E-state index contributed by atoms with van der Waals surface area (Å²) in [5, 5.41) is 3.37. The molecule has 1 heterocycles. The molecule has 3 rings (SSSR count). The van der Waals surface area contributed by atoms with E-state index in [0.717, 1.165) is 24.3 Å². The number of rotatable bonds is 9. The van der Waals surface area contributed by atoms with Gasteiger partial charge in [-0.15, -0.1) is 0 Å². The fourth-order valence-corrected chi connectivity index (χ4v) is 4.29. The van der Waals surface area contributed by atoms with Gasteiger partial charge in [0.2, 0.25) is 0 Å². The van der Waals surface area contributed by atoms with Crippen molar-refractivity contribution in [3.05, 3.63) is 59.2 Å². The molecule has 162 valence electrons. The molecule has 0 amide bonds. The van der Waals surface area contributed by atoms with E-state index in [1.807, 2.05) is 13.0 Å². The van der Waals surface area contributed by atoms with Gasteiger partial charge < -0.3 is 9.47 Å². The number of esters is 1. The number of hydrogen-bond acceptors (Lipinski definition) is 5. The Bertz CT molecular complexity index is 854. The van der Waals surface area contributed by atoms with E-state index in [2.05, 4.69) is 68.2 Å². The summed E-state index contributed by atoms with van der Waals surface area (Å²) >= 11 is 4.23. The van der Waals surface area contributed by atoms with Crippen LogP contribution in [-0.4, -0.2) is 25.0 Å². The molecule has 0 spiro atoms. The van der Waals surface area contributed by atoms with Crippen LogP contribution in [0.15, 0.2) is 42.5 Å². The molecule has 5 heteroatoms. The Balaban J connectivity index is 1.79. The molecule has 1 N–H and O–H groups in total. The lowest BCUT2D eigenvalue weighted by Gasteiger charge is -2.27. The third-order valence-corrected chi connectivity index (χ3v) is 6.34. The van der Waals surface area contributed by atoms with E-state index in [9.17, 15) is 4.79 Å². The van der Waals surface area contributed by atoms with Crippen LogP contribution in [0.1, 0.15) is 61.6 Å². The maximum absolute atomic E-state index is 12.0. The predicted octanol–water partition coefficient (Wildman–Crippen LogP) is 5.81. The smallest absolute Gasteiger partial charge is 0.307 e. The molecular formula is C25H33NO3S. The summed E-state index contributed by atoms with van der Waals surface area (Å²) in [5.74, 6) is 3.15. The Morgan fingerprint density at radius 3 is 2.70 bits per heavy atom. The van der Waals surface area contributed by atoms with Crippen LogP contribution in [0.5, 0.6) is 11.5 Å². The third-order valence-electron chi connectivity index (χ3n) is 5.71. The van der Waals surface area contributed by atoms with Crippen molar-refractivity contribution >= 4 is 18.6 Å². The molecule has 1 aliphatic heterocycles. The molecule has 0 aromatic heterocycles. The highest BCUT2D eigenvalue weighted by atomic mass is 32.1. The van der Waals surface area contributed by atoms with Gasteiger partial charge in [0, 0.05) is 24.4 Å². The van der Waals surface area contributed by atoms with E-state index in [1.165, 1.54) is 16.7 Å². The molecule has 0 saturated heterocycles. The van der Waals surface area contributed by atoms with Gasteiger partial charge in [0.1, 0.15) is 18.2 Å². The van der Waals surface area contributed by atoms with Crippen molar-refractivity contribution in [3.8, 4) is 11.5 Å². The van der Waals surface area contributed by atoms with Crippen molar-refractivity contribution in [3.63, 3.8) is 0 Å². The van der Waals surface area contributed by atoms with Crippen molar-refractivity contribution in [2.45, 2.75) is 51.9 Å². The lowest BCUT2D eigenvalue weighted by atomic mass is 9.78. The van der Waals surface area contributed by atoms with E-state index < -0.39 is 0 Å². The lowest BCUT2D eigenvalue weighted by Crippen LogP contribution is -2.29. The van der Waals surface area contributed by atoms with Crippen molar-refractivity contribution < 1.29 is 14.3 Å². The topological polar surface area (TPSA) is 47.6 Å². The predicted molar refractivity (Wildman–Crippen MR) is 125 cm³/mol. The molecule has 0 aliphatic carbocycles. The first-order valence-electron chi connectivity index (χ1n) is 10.9. The average Bonchev–Trinajstić information content (AvgIpc) is 2.86. The second-order valence-corrected chi connectivity index (χ2v) is 8.65. The normalized spacial score (nSPS) is 18.5. The molecular weight excluding hydrogens is 394 g/mol. The van der Waals surface area contributed by atoms with Crippen LogP contribution >= 0.6 is 12.6 Å². The Hall–Kier alpha value is -1.98. The number of hydrogen-bond donors (Lipinski definition) is 2. The zero-order valence-electron chi connectivity index (χ0n) is 18.2. The van der Waals surface area contributed by atoms with Gasteiger partial charge in [-0.25, -0.2) is 0 Å². The molecule has 2 aromatic rings. The summed E-state index contributed by atoms with van der Waals surface area (Å²) in [6.07, 6.45) is 2.56. The molecule has 4 nitrogen and oxygen atoms in total. The Kier molecular flexibility index (Phi) is 8.23.